The fourth-order valence-electron chi connectivity index (χ4n) is 3.43. The van der Waals surface area contributed by atoms with E-state index >= 15 is 0 Å². The molecule has 1 aliphatic rings. The minimum atomic E-state index is -0.594. The van der Waals surface area contributed by atoms with Gasteiger partial charge >= 0.3 is 0 Å². The van der Waals surface area contributed by atoms with Crippen molar-refractivity contribution in [2.24, 2.45) is 5.92 Å². The summed E-state index contributed by atoms with van der Waals surface area (Å²) in [6, 6.07) is 7.45. The Labute approximate surface area is 193 Å². The van der Waals surface area contributed by atoms with Crippen molar-refractivity contribution in [3.63, 3.8) is 0 Å². The zero-order valence-electron chi connectivity index (χ0n) is 18.6. The van der Waals surface area contributed by atoms with E-state index < -0.39 is 11.7 Å². The number of halogens is 1. The minimum absolute atomic E-state index is 0.0157. The molecule has 34 heavy (non-hydrogen) atoms. The molecule has 0 unspecified atom stereocenters. The highest BCUT2D eigenvalue weighted by Crippen LogP contribution is 2.30. The summed E-state index contributed by atoms with van der Waals surface area (Å²) in [4.78, 5) is 28.8. The maximum atomic E-state index is 14.4. The molecule has 4 aromatic rings. The Morgan fingerprint density at radius 3 is 2.65 bits per heavy atom. The highest BCUT2D eigenvalue weighted by molar-refractivity contribution is 6.05. The van der Waals surface area contributed by atoms with Crippen LogP contribution in [0, 0.1) is 18.7 Å². The number of amides is 2. The summed E-state index contributed by atoms with van der Waals surface area (Å²) in [5.41, 5.74) is 1.45. The third-order valence-electron chi connectivity index (χ3n) is 5.42. The van der Waals surface area contributed by atoms with Crippen LogP contribution in [0.5, 0.6) is 11.5 Å². The first kappa shape index (κ1) is 21.6. The molecule has 1 fully saturated rings. The van der Waals surface area contributed by atoms with Gasteiger partial charge in [0.2, 0.25) is 11.9 Å². The van der Waals surface area contributed by atoms with Gasteiger partial charge in [-0.2, -0.15) is 10.1 Å². The predicted molar refractivity (Wildman–Crippen MR) is 121 cm³/mol. The lowest BCUT2D eigenvalue weighted by molar-refractivity contribution is -0.117. The van der Waals surface area contributed by atoms with Gasteiger partial charge in [0, 0.05) is 24.7 Å². The molecule has 2 amide bonds. The Balaban J connectivity index is 1.32. The van der Waals surface area contributed by atoms with Crippen LogP contribution >= 0.6 is 0 Å². The quantitative estimate of drug-likeness (QED) is 0.431. The largest absolute Gasteiger partial charge is 0.456 e. The first-order valence-corrected chi connectivity index (χ1v) is 10.9. The molecular formula is C23H22FN7O3. The molecule has 3 aromatic heterocycles. The number of hydrogen-bond donors (Lipinski definition) is 2. The summed E-state index contributed by atoms with van der Waals surface area (Å²) in [7, 11) is 0. The average Bonchev–Trinajstić information content (AvgIpc) is 3.49. The lowest BCUT2D eigenvalue weighted by Gasteiger charge is -2.10. The third-order valence-corrected chi connectivity index (χ3v) is 5.42. The minimum Gasteiger partial charge on any atom is -0.456 e. The Morgan fingerprint density at radius 1 is 1.12 bits per heavy atom. The van der Waals surface area contributed by atoms with Gasteiger partial charge in [-0.1, -0.05) is 0 Å². The molecule has 5 rings (SSSR count). The monoisotopic (exact) mass is 463 g/mol. The van der Waals surface area contributed by atoms with Crippen LogP contribution in [0.3, 0.4) is 0 Å². The van der Waals surface area contributed by atoms with Crippen LogP contribution in [0.4, 0.5) is 16.0 Å². The maximum Gasteiger partial charge on any atom is 0.259 e. The summed E-state index contributed by atoms with van der Waals surface area (Å²) in [5, 5.41) is 13.8. The number of ether oxygens (including phenoxy) is 1. The molecule has 2 N–H and O–H groups in total. The van der Waals surface area contributed by atoms with Gasteiger partial charge in [-0.15, -0.1) is 5.10 Å². The number of hydrogen-bond acceptors (Lipinski definition) is 6. The Hall–Kier alpha value is -4.28. The number of pyridine rings is 1. The molecule has 3 heterocycles. The second-order valence-corrected chi connectivity index (χ2v) is 8.05. The number of nitrogens with one attached hydrogen (secondary N) is 2. The topological polar surface area (TPSA) is 115 Å². The number of aryl methyl sites for hydroxylation is 2. The van der Waals surface area contributed by atoms with Crippen molar-refractivity contribution in [3.05, 3.63) is 59.8 Å². The van der Waals surface area contributed by atoms with Gasteiger partial charge in [-0.25, -0.2) is 8.91 Å². The first-order valence-electron chi connectivity index (χ1n) is 10.9. The average molecular weight is 463 g/mol. The zero-order chi connectivity index (χ0) is 23.8. The first-order chi connectivity index (χ1) is 16.4. The highest BCUT2D eigenvalue weighted by Gasteiger charge is 2.30. The fraction of sp³-hybridized carbons (Fsp3) is 0.261. The van der Waals surface area contributed by atoms with Gasteiger partial charge in [0.05, 0.1) is 23.1 Å². The van der Waals surface area contributed by atoms with E-state index in [2.05, 4.69) is 25.8 Å². The van der Waals surface area contributed by atoms with Crippen LogP contribution in [-0.2, 0) is 11.3 Å². The molecule has 0 aliphatic heterocycles. The number of fused-ring (bicyclic) bond motifs is 1. The lowest BCUT2D eigenvalue weighted by atomic mass is 10.2. The molecule has 1 aliphatic carbocycles. The van der Waals surface area contributed by atoms with Crippen molar-refractivity contribution >= 4 is 29.1 Å². The van der Waals surface area contributed by atoms with Crippen molar-refractivity contribution in [1.29, 1.82) is 0 Å². The SMILES string of the molecule is CCn1cc(C(=O)Nc2cc(Oc3ccc4nc(NC(=O)C5CC5)nn4c3)ccc2F)c(C)n1. The van der Waals surface area contributed by atoms with Crippen LogP contribution in [-0.4, -0.2) is 36.2 Å². The van der Waals surface area contributed by atoms with Crippen LogP contribution in [0.15, 0.2) is 42.7 Å². The van der Waals surface area contributed by atoms with E-state index in [1.165, 1.54) is 22.7 Å². The van der Waals surface area contributed by atoms with Gasteiger partial charge in [0.15, 0.2) is 5.65 Å². The van der Waals surface area contributed by atoms with E-state index in [-0.39, 0.29) is 23.5 Å². The molecule has 1 saturated carbocycles. The molecule has 1 aromatic carbocycles. The number of carbonyl (C=O) groups excluding carboxylic acids is 2. The van der Waals surface area contributed by atoms with Crippen molar-refractivity contribution < 1.29 is 18.7 Å². The zero-order valence-corrected chi connectivity index (χ0v) is 18.6. The number of anilines is 2. The van der Waals surface area contributed by atoms with Gasteiger partial charge < -0.3 is 10.1 Å². The van der Waals surface area contributed by atoms with Crippen LogP contribution in [0.1, 0.15) is 35.8 Å². The molecule has 0 spiro atoms. The van der Waals surface area contributed by atoms with E-state index in [4.69, 9.17) is 4.74 Å². The van der Waals surface area contributed by atoms with Gasteiger partial charge in [0.1, 0.15) is 17.3 Å². The predicted octanol–water partition coefficient (Wildman–Crippen LogP) is 3.79. The summed E-state index contributed by atoms with van der Waals surface area (Å²) >= 11 is 0. The molecule has 11 heteroatoms. The smallest absolute Gasteiger partial charge is 0.259 e. The number of nitrogens with zero attached hydrogens (tertiary/aromatic N) is 5. The van der Waals surface area contributed by atoms with E-state index in [0.717, 1.165) is 12.8 Å². The van der Waals surface area contributed by atoms with Crippen molar-refractivity contribution in [2.75, 3.05) is 10.6 Å². The van der Waals surface area contributed by atoms with E-state index in [1.54, 1.807) is 36.1 Å². The number of benzene rings is 1. The lowest BCUT2D eigenvalue weighted by Crippen LogP contribution is -2.14. The summed E-state index contributed by atoms with van der Waals surface area (Å²) < 4.78 is 23.4. The molecule has 174 valence electrons. The van der Waals surface area contributed by atoms with Gasteiger partial charge in [0.25, 0.3) is 5.91 Å². The van der Waals surface area contributed by atoms with Crippen molar-refractivity contribution in [1.82, 2.24) is 24.4 Å². The van der Waals surface area contributed by atoms with Gasteiger partial charge in [-0.05, 0) is 51.0 Å². The normalized spacial score (nSPS) is 13.1. The summed E-state index contributed by atoms with van der Waals surface area (Å²) in [5.74, 6) is -0.124. The van der Waals surface area contributed by atoms with Gasteiger partial charge in [-0.3, -0.25) is 19.6 Å². The summed E-state index contributed by atoms with van der Waals surface area (Å²) in [6.07, 6.45) is 5.00. The Kier molecular flexibility index (Phi) is 5.44. The second kappa shape index (κ2) is 8.58. The molecule has 0 bridgehead atoms. The van der Waals surface area contributed by atoms with E-state index in [1.807, 2.05) is 6.92 Å². The second-order valence-electron chi connectivity index (χ2n) is 8.05. The van der Waals surface area contributed by atoms with Crippen LogP contribution < -0.4 is 15.4 Å². The molecule has 0 atom stereocenters. The van der Waals surface area contributed by atoms with E-state index in [0.29, 0.717) is 34.9 Å². The van der Waals surface area contributed by atoms with Crippen molar-refractivity contribution in [3.8, 4) is 11.5 Å². The fourth-order valence-corrected chi connectivity index (χ4v) is 3.43. The third kappa shape index (κ3) is 4.45. The molecule has 0 radical (unpaired) electrons. The standard InChI is InChI=1S/C23H22FN7O3/c1-3-30-12-17(13(2)28-30)22(33)25-19-10-15(6-8-18(19)24)34-16-7-9-20-26-23(29-31(20)11-16)27-21(32)14-4-5-14/h6-12,14H,3-5H2,1-2H3,(H,25,33)(H,27,29,32). The number of aromatic nitrogens is 5. The Bertz CT molecular complexity index is 1410. The molecular weight excluding hydrogens is 441 g/mol. The van der Waals surface area contributed by atoms with Crippen LogP contribution in [0.2, 0.25) is 0 Å². The maximum absolute atomic E-state index is 14.4. The van der Waals surface area contributed by atoms with E-state index in [9.17, 15) is 14.0 Å². The Morgan fingerprint density at radius 2 is 1.91 bits per heavy atom. The summed E-state index contributed by atoms with van der Waals surface area (Å²) in [6.45, 7) is 4.26. The number of rotatable bonds is 7. The molecule has 0 saturated heterocycles. The van der Waals surface area contributed by atoms with Crippen molar-refractivity contribution in [2.45, 2.75) is 33.2 Å². The van der Waals surface area contributed by atoms with Crippen LogP contribution in [0.25, 0.3) is 5.65 Å². The highest BCUT2D eigenvalue weighted by atomic mass is 19.1. The molecule has 10 nitrogen and oxygen atoms in total. The number of carbonyl (C=O) groups is 2.